The third kappa shape index (κ3) is 4.63. The summed E-state index contributed by atoms with van der Waals surface area (Å²) in [5.41, 5.74) is 1.89. The maximum atomic E-state index is 13.9. The molecule has 3 aromatic rings. The van der Waals surface area contributed by atoms with E-state index in [1.807, 2.05) is 26.1 Å². The van der Waals surface area contributed by atoms with Crippen LogP contribution in [0.5, 0.6) is 0 Å². The molecule has 2 aliphatic heterocycles. The molecule has 0 bridgehead atoms. The second-order valence-corrected chi connectivity index (χ2v) is 14.5. The molecule has 1 aromatic carbocycles. The van der Waals surface area contributed by atoms with Crippen LogP contribution in [0.1, 0.15) is 22.3 Å². The molecule has 9 nitrogen and oxygen atoms in total. The zero-order valence-corrected chi connectivity index (χ0v) is 22.4. The van der Waals surface area contributed by atoms with Crippen LogP contribution in [0.4, 0.5) is 24.8 Å². The van der Waals surface area contributed by atoms with E-state index in [1.165, 1.54) is 7.05 Å². The molecule has 5 rings (SSSR count). The molecule has 0 aliphatic carbocycles. The first-order chi connectivity index (χ1) is 17.2. The summed E-state index contributed by atoms with van der Waals surface area (Å²) in [6.07, 6.45) is -4.25. The van der Waals surface area contributed by atoms with Crippen molar-refractivity contribution in [2.75, 3.05) is 31.7 Å². The van der Waals surface area contributed by atoms with Gasteiger partial charge < -0.3 is 5.32 Å². The molecule has 0 saturated carbocycles. The number of fused-ring (bicyclic) bond motifs is 2. The van der Waals surface area contributed by atoms with E-state index in [1.54, 1.807) is 0 Å². The number of sulfone groups is 1. The predicted molar refractivity (Wildman–Crippen MR) is 132 cm³/mol. The number of hydrogen-bond donors (Lipinski definition) is 1. The van der Waals surface area contributed by atoms with Crippen LogP contribution in [-0.2, 0) is 39.1 Å². The summed E-state index contributed by atoms with van der Waals surface area (Å²) in [6.45, 7) is 3.12. The van der Waals surface area contributed by atoms with Crippen LogP contribution in [0.25, 0.3) is 10.6 Å². The van der Waals surface area contributed by atoms with E-state index in [-0.39, 0.29) is 17.4 Å². The summed E-state index contributed by atoms with van der Waals surface area (Å²) < 4.78 is 93.4. The molecule has 4 heterocycles. The van der Waals surface area contributed by atoms with E-state index in [2.05, 4.69) is 20.2 Å². The number of aryl methyl sites for hydroxylation is 1. The van der Waals surface area contributed by atoms with Crippen LogP contribution < -0.4 is 5.32 Å². The van der Waals surface area contributed by atoms with Gasteiger partial charge in [-0.05, 0) is 42.8 Å². The van der Waals surface area contributed by atoms with Crippen molar-refractivity contribution in [1.82, 2.24) is 19.2 Å². The Labute approximate surface area is 215 Å². The highest BCUT2D eigenvalue weighted by Crippen LogP contribution is 2.44. The molecule has 0 amide bonds. The van der Waals surface area contributed by atoms with Gasteiger partial charge in [0.1, 0.15) is 5.56 Å². The second-order valence-electron chi connectivity index (χ2n) is 9.09. The molecule has 2 aromatic heterocycles. The first-order valence-electron chi connectivity index (χ1n) is 11.0. The first-order valence-corrected chi connectivity index (χ1v) is 14.9. The average Bonchev–Trinajstić information content (AvgIpc) is 3.39. The Hall–Kier alpha value is -2.59. The number of sulfonamides is 1. The highest BCUT2D eigenvalue weighted by molar-refractivity contribution is 7.95. The van der Waals surface area contributed by atoms with Gasteiger partial charge in [-0.3, -0.25) is 4.90 Å². The molecular weight excluding hydrogens is 551 g/mol. The number of nitrogens with one attached hydrogen (secondary N) is 1. The Morgan fingerprint density at radius 3 is 2.41 bits per heavy atom. The first kappa shape index (κ1) is 26.0. The van der Waals surface area contributed by atoms with Gasteiger partial charge in [-0.1, -0.05) is 6.07 Å². The highest BCUT2D eigenvalue weighted by Gasteiger charge is 2.40. The third-order valence-electron chi connectivity index (χ3n) is 6.32. The fourth-order valence-electron chi connectivity index (χ4n) is 4.33. The largest absolute Gasteiger partial charge is 0.420 e. The Morgan fingerprint density at radius 1 is 1.05 bits per heavy atom. The maximum absolute atomic E-state index is 13.9. The smallest absolute Gasteiger partial charge is 0.324 e. The number of alkyl halides is 3. The van der Waals surface area contributed by atoms with Gasteiger partial charge in [0, 0.05) is 38.6 Å². The van der Waals surface area contributed by atoms with Crippen molar-refractivity contribution in [3.8, 4) is 10.6 Å². The Kier molecular flexibility index (Phi) is 6.14. The molecule has 2 aliphatic rings. The number of hydrogen-bond acceptors (Lipinski definition) is 9. The van der Waals surface area contributed by atoms with E-state index >= 15 is 0 Å². The monoisotopic (exact) mass is 573 g/mol. The number of benzene rings is 1. The summed E-state index contributed by atoms with van der Waals surface area (Å²) in [6, 6.07) is 4.86. The molecule has 0 unspecified atom stereocenters. The SMILES string of the molecule is Cc1cc2c(cc1Nc1ncc(C(F)(F)F)c(-c3cc4c(s3)S(=O)(=O)N(C)CCS4(=O)=O)n1)CN(C)C2. The Balaban J connectivity index is 1.63. The zero-order chi connectivity index (χ0) is 26.9. The quantitative estimate of drug-likeness (QED) is 0.506. The number of rotatable bonds is 3. The lowest BCUT2D eigenvalue weighted by Crippen LogP contribution is -2.28. The van der Waals surface area contributed by atoms with Gasteiger partial charge in [-0.25, -0.2) is 26.8 Å². The summed E-state index contributed by atoms with van der Waals surface area (Å²) in [5.74, 6) is -0.620. The molecule has 0 atom stereocenters. The van der Waals surface area contributed by atoms with Crippen molar-refractivity contribution in [3.63, 3.8) is 0 Å². The number of thiophene rings is 1. The standard InChI is InChI=1S/C22H22F3N5O4S3/c1-12-6-13-10-29(2)11-14(13)7-16(12)27-21-26-9-15(22(23,24)25)19(28-21)17-8-18-20(35-17)37(33,34)30(3)4-5-36(18,31)32/h6-9H,4-5,10-11H2,1-3H3,(H,26,27,28). The van der Waals surface area contributed by atoms with Gasteiger partial charge in [0.2, 0.25) is 5.95 Å². The molecule has 0 spiro atoms. The van der Waals surface area contributed by atoms with Crippen LogP contribution in [0.3, 0.4) is 0 Å². The fraction of sp³-hybridized carbons (Fsp3) is 0.364. The summed E-state index contributed by atoms with van der Waals surface area (Å²) in [7, 11) is -5.05. The lowest BCUT2D eigenvalue weighted by molar-refractivity contribution is -0.137. The fourth-order valence-corrected chi connectivity index (χ4v) is 9.79. The Bertz CT molecular complexity index is 1640. The molecule has 1 N–H and O–H groups in total. The van der Waals surface area contributed by atoms with E-state index < -0.39 is 52.2 Å². The normalized spacial score (nSPS) is 19.3. The number of aromatic nitrogens is 2. The van der Waals surface area contributed by atoms with Crippen LogP contribution in [0, 0.1) is 6.92 Å². The third-order valence-corrected chi connectivity index (χ3v) is 11.8. The second kappa shape index (κ2) is 8.73. The van der Waals surface area contributed by atoms with Crippen molar-refractivity contribution in [1.29, 1.82) is 0 Å². The minimum absolute atomic E-state index is 0.135. The van der Waals surface area contributed by atoms with E-state index in [4.69, 9.17) is 0 Å². The van der Waals surface area contributed by atoms with Crippen molar-refractivity contribution >= 4 is 42.8 Å². The minimum atomic E-state index is -4.86. The van der Waals surface area contributed by atoms with Gasteiger partial charge in [0.25, 0.3) is 10.0 Å². The van der Waals surface area contributed by atoms with Crippen LogP contribution in [0.15, 0.2) is 33.5 Å². The van der Waals surface area contributed by atoms with Crippen LogP contribution in [-0.4, -0.2) is 62.4 Å². The lowest BCUT2D eigenvalue weighted by atomic mass is 10.1. The molecule has 0 radical (unpaired) electrons. The molecule has 15 heteroatoms. The van der Waals surface area contributed by atoms with E-state index in [0.29, 0.717) is 23.2 Å². The number of anilines is 2. The topological polar surface area (TPSA) is 113 Å². The highest BCUT2D eigenvalue weighted by atomic mass is 32.2. The predicted octanol–water partition coefficient (Wildman–Crippen LogP) is 3.63. The van der Waals surface area contributed by atoms with E-state index in [9.17, 15) is 30.0 Å². The average molecular weight is 574 g/mol. The summed E-state index contributed by atoms with van der Waals surface area (Å²) in [4.78, 5) is 9.31. The molecular formula is C22H22F3N5O4S3. The lowest BCUT2D eigenvalue weighted by Gasteiger charge is -2.15. The van der Waals surface area contributed by atoms with Crippen molar-refractivity contribution in [3.05, 3.63) is 46.6 Å². The molecule has 0 saturated heterocycles. The van der Waals surface area contributed by atoms with Crippen molar-refractivity contribution in [2.24, 2.45) is 0 Å². The maximum Gasteiger partial charge on any atom is 0.420 e. The summed E-state index contributed by atoms with van der Waals surface area (Å²) >= 11 is 0.447. The van der Waals surface area contributed by atoms with Gasteiger partial charge in [-0.15, -0.1) is 11.3 Å². The van der Waals surface area contributed by atoms with Crippen LogP contribution in [0.2, 0.25) is 0 Å². The Morgan fingerprint density at radius 2 is 1.73 bits per heavy atom. The van der Waals surface area contributed by atoms with Crippen LogP contribution >= 0.6 is 11.3 Å². The summed E-state index contributed by atoms with van der Waals surface area (Å²) in [5, 5.41) is 2.97. The van der Waals surface area contributed by atoms with Gasteiger partial charge >= 0.3 is 6.18 Å². The molecule has 37 heavy (non-hydrogen) atoms. The zero-order valence-electron chi connectivity index (χ0n) is 19.9. The molecule has 0 fully saturated rings. The molecule has 198 valence electrons. The van der Waals surface area contributed by atoms with E-state index in [0.717, 1.165) is 40.2 Å². The van der Waals surface area contributed by atoms with Gasteiger partial charge in [0.15, 0.2) is 14.0 Å². The minimum Gasteiger partial charge on any atom is -0.324 e. The van der Waals surface area contributed by atoms with Gasteiger partial charge in [-0.2, -0.15) is 17.5 Å². The van der Waals surface area contributed by atoms with Gasteiger partial charge in [0.05, 0.1) is 21.2 Å². The van der Waals surface area contributed by atoms with Crippen molar-refractivity contribution < 1.29 is 30.0 Å². The number of nitrogens with zero attached hydrogens (tertiary/aromatic N) is 4. The van der Waals surface area contributed by atoms with Crippen molar-refractivity contribution in [2.45, 2.75) is 35.3 Å². The number of halogens is 3.